The Kier molecular flexibility index (Phi) is 8.02. The lowest BCUT2D eigenvalue weighted by Gasteiger charge is -2.26. The Balaban J connectivity index is 1.44. The van der Waals surface area contributed by atoms with Crippen LogP contribution in [0, 0.1) is 0 Å². The van der Waals surface area contributed by atoms with Gasteiger partial charge in [-0.25, -0.2) is 4.98 Å². The Morgan fingerprint density at radius 3 is 2.44 bits per heavy atom. The van der Waals surface area contributed by atoms with E-state index in [1.807, 2.05) is 32.0 Å². The second-order valence-corrected chi connectivity index (χ2v) is 9.95. The second-order valence-electron chi connectivity index (χ2n) is 9.51. The van der Waals surface area contributed by atoms with Crippen LogP contribution in [0.15, 0.2) is 66.9 Å². The van der Waals surface area contributed by atoms with Crippen LogP contribution in [0.2, 0.25) is 5.02 Å². The summed E-state index contributed by atoms with van der Waals surface area (Å²) in [7, 11) is 3.11. The molecule has 0 bridgehead atoms. The van der Waals surface area contributed by atoms with Gasteiger partial charge in [0.15, 0.2) is 23.0 Å². The van der Waals surface area contributed by atoms with Crippen LogP contribution in [-0.2, 0) is 4.79 Å². The molecule has 5 rings (SSSR count). The zero-order valence-electron chi connectivity index (χ0n) is 23.0. The molecule has 0 aliphatic carbocycles. The Bertz CT molecular complexity index is 1580. The second kappa shape index (κ2) is 11.8. The van der Waals surface area contributed by atoms with Crippen molar-refractivity contribution >= 4 is 29.4 Å². The van der Waals surface area contributed by atoms with Crippen molar-refractivity contribution in [3.63, 3.8) is 0 Å². The third kappa shape index (κ3) is 5.92. The number of halogens is 1. The van der Waals surface area contributed by atoms with Gasteiger partial charge >= 0.3 is 0 Å². The predicted octanol–water partition coefficient (Wildman–Crippen LogP) is 5.43. The Morgan fingerprint density at radius 2 is 1.73 bits per heavy atom. The van der Waals surface area contributed by atoms with Crippen molar-refractivity contribution in [3.8, 4) is 39.9 Å². The lowest BCUT2D eigenvalue weighted by Crippen LogP contribution is -2.42. The highest BCUT2D eigenvalue weighted by Crippen LogP contribution is 2.34. The van der Waals surface area contributed by atoms with Crippen LogP contribution >= 0.6 is 11.6 Å². The van der Waals surface area contributed by atoms with E-state index in [-0.39, 0.29) is 31.2 Å². The molecule has 1 aliphatic rings. The number of amides is 2. The number of hydrogen-bond acceptors (Lipinski definition) is 7. The number of aromatic nitrogens is 2. The van der Waals surface area contributed by atoms with Gasteiger partial charge in [0.25, 0.3) is 5.91 Å². The standard InChI is InChI=1S/C30H29ClN4O6/c1-18(2)34(29(37)20-7-11-25-27(13-20)41-17-40-25)16-28(36)33-30-32-23(19-5-8-21(31)9-6-19)15-35(30)22-10-12-24(38-3)26(14-22)39-4/h5-15,18H,16-17H2,1-4H3,(H,32,33,36). The maximum Gasteiger partial charge on any atom is 0.254 e. The SMILES string of the molecule is COc1ccc(-n2cc(-c3ccc(Cl)cc3)nc2NC(=O)CN(C(=O)c2ccc3c(c2)OCO3)C(C)C)cc1OC. The molecule has 1 aromatic heterocycles. The number of methoxy groups -OCH3 is 2. The van der Waals surface area contributed by atoms with Gasteiger partial charge in [-0.2, -0.15) is 0 Å². The fraction of sp³-hybridized carbons (Fsp3) is 0.233. The minimum Gasteiger partial charge on any atom is -0.493 e. The van der Waals surface area contributed by atoms with E-state index in [0.717, 1.165) is 5.56 Å². The van der Waals surface area contributed by atoms with Crippen LogP contribution in [0.1, 0.15) is 24.2 Å². The summed E-state index contributed by atoms with van der Waals surface area (Å²) in [5, 5.41) is 3.49. The Hall–Kier alpha value is -4.70. The van der Waals surface area contributed by atoms with Gasteiger partial charge in [0.05, 0.1) is 25.6 Å². The largest absolute Gasteiger partial charge is 0.493 e. The average molecular weight is 577 g/mol. The predicted molar refractivity (Wildman–Crippen MR) is 154 cm³/mol. The van der Waals surface area contributed by atoms with E-state index in [2.05, 4.69) is 5.32 Å². The number of ether oxygens (including phenoxy) is 4. The van der Waals surface area contributed by atoms with E-state index in [1.165, 1.54) is 4.90 Å². The number of carbonyl (C=O) groups is 2. The van der Waals surface area contributed by atoms with Crippen LogP contribution in [0.3, 0.4) is 0 Å². The van der Waals surface area contributed by atoms with Crippen molar-refractivity contribution in [1.82, 2.24) is 14.5 Å². The average Bonchev–Trinajstić information content (AvgIpc) is 3.62. The van der Waals surface area contributed by atoms with Gasteiger partial charge in [0.2, 0.25) is 18.6 Å². The van der Waals surface area contributed by atoms with Crippen molar-refractivity contribution in [2.24, 2.45) is 0 Å². The van der Waals surface area contributed by atoms with E-state index in [0.29, 0.717) is 45.0 Å². The normalized spacial score (nSPS) is 11.9. The lowest BCUT2D eigenvalue weighted by atomic mass is 10.1. The molecule has 11 heteroatoms. The number of carbonyl (C=O) groups excluding carboxylic acids is 2. The van der Waals surface area contributed by atoms with Crippen molar-refractivity contribution in [2.75, 3.05) is 32.9 Å². The van der Waals surface area contributed by atoms with Crippen molar-refractivity contribution in [3.05, 3.63) is 77.4 Å². The summed E-state index contributed by atoms with van der Waals surface area (Å²) in [5.74, 6) is 1.70. The van der Waals surface area contributed by atoms with Gasteiger partial charge in [0.1, 0.15) is 6.54 Å². The first-order valence-electron chi connectivity index (χ1n) is 12.9. The van der Waals surface area contributed by atoms with Crippen molar-refractivity contribution in [2.45, 2.75) is 19.9 Å². The molecule has 0 saturated carbocycles. The number of fused-ring (bicyclic) bond motifs is 1. The summed E-state index contributed by atoms with van der Waals surface area (Å²) < 4.78 is 23.3. The topological polar surface area (TPSA) is 104 Å². The Morgan fingerprint density at radius 1 is 1.00 bits per heavy atom. The number of benzene rings is 3. The number of imidazole rings is 1. The molecule has 4 aromatic rings. The van der Waals surface area contributed by atoms with E-state index in [4.69, 9.17) is 35.5 Å². The number of nitrogens with zero attached hydrogens (tertiary/aromatic N) is 3. The van der Waals surface area contributed by atoms with Gasteiger partial charge in [-0.3, -0.25) is 19.5 Å². The summed E-state index contributed by atoms with van der Waals surface area (Å²) in [5.41, 5.74) is 2.50. The highest BCUT2D eigenvalue weighted by Gasteiger charge is 2.25. The number of rotatable bonds is 9. The zero-order valence-corrected chi connectivity index (χ0v) is 23.8. The van der Waals surface area contributed by atoms with Gasteiger partial charge in [-0.15, -0.1) is 0 Å². The maximum absolute atomic E-state index is 13.4. The molecular formula is C30H29ClN4O6. The smallest absolute Gasteiger partial charge is 0.254 e. The first-order chi connectivity index (χ1) is 19.8. The molecular weight excluding hydrogens is 548 g/mol. The van der Waals surface area contributed by atoms with Crippen molar-refractivity contribution < 1.29 is 28.5 Å². The number of nitrogens with one attached hydrogen (secondary N) is 1. The van der Waals surface area contributed by atoms with Gasteiger partial charge < -0.3 is 23.8 Å². The van der Waals surface area contributed by atoms with Crippen LogP contribution in [0.4, 0.5) is 5.95 Å². The van der Waals surface area contributed by atoms with Crippen LogP contribution in [0.5, 0.6) is 23.0 Å². The molecule has 1 aliphatic heterocycles. The quantitative estimate of drug-likeness (QED) is 0.283. The summed E-state index contributed by atoms with van der Waals surface area (Å²) in [6.07, 6.45) is 1.80. The monoisotopic (exact) mass is 576 g/mol. The minimum absolute atomic E-state index is 0.105. The lowest BCUT2D eigenvalue weighted by molar-refractivity contribution is -0.117. The third-order valence-corrected chi connectivity index (χ3v) is 6.81. The minimum atomic E-state index is -0.414. The molecule has 2 amide bonds. The molecule has 10 nitrogen and oxygen atoms in total. The molecule has 0 spiro atoms. The first-order valence-corrected chi connectivity index (χ1v) is 13.2. The molecule has 0 fully saturated rings. The molecule has 212 valence electrons. The van der Waals surface area contributed by atoms with Gasteiger partial charge in [-0.05, 0) is 56.3 Å². The fourth-order valence-corrected chi connectivity index (χ4v) is 4.53. The summed E-state index contributed by atoms with van der Waals surface area (Å²) in [4.78, 5) is 33.0. The molecule has 0 unspecified atom stereocenters. The van der Waals surface area contributed by atoms with E-state index in [1.54, 1.807) is 67.4 Å². The molecule has 2 heterocycles. The molecule has 0 saturated heterocycles. The van der Waals surface area contributed by atoms with Crippen LogP contribution in [0.25, 0.3) is 16.9 Å². The van der Waals surface area contributed by atoms with Crippen LogP contribution in [-0.4, -0.2) is 59.9 Å². The zero-order chi connectivity index (χ0) is 29.1. The van der Waals surface area contributed by atoms with E-state index < -0.39 is 5.91 Å². The Labute approximate surface area is 242 Å². The first kappa shape index (κ1) is 27.9. The third-order valence-electron chi connectivity index (χ3n) is 6.56. The molecule has 1 N–H and O–H groups in total. The highest BCUT2D eigenvalue weighted by atomic mass is 35.5. The maximum atomic E-state index is 13.4. The van der Waals surface area contributed by atoms with Crippen LogP contribution < -0.4 is 24.3 Å². The molecule has 41 heavy (non-hydrogen) atoms. The number of anilines is 1. The van der Waals surface area contributed by atoms with Crippen molar-refractivity contribution in [1.29, 1.82) is 0 Å². The summed E-state index contributed by atoms with van der Waals surface area (Å²) in [6.45, 7) is 3.61. The van der Waals surface area contributed by atoms with Gasteiger partial charge in [0, 0.05) is 34.5 Å². The van der Waals surface area contributed by atoms with E-state index >= 15 is 0 Å². The molecule has 3 aromatic carbocycles. The van der Waals surface area contributed by atoms with Gasteiger partial charge in [-0.1, -0.05) is 23.7 Å². The number of hydrogen-bond donors (Lipinski definition) is 1. The molecule has 0 atom stereocenters. The fourth-order valence-electron chi connectivity index (χ4n) is 4.40. The summed E-state index contributed by atoms with van der Waals surface area (Å²) in [6, 6.07) is 17.3. The highest BCUT2D eigenvalue weighted by molar-refractivity contribution is 6.30. The molecule has 0 radical (unpaired) electrons. The summed E-state index contributed by atoms with van der Waals surface area (Å²) >= 11 is 6.08. The van der Waals surface area contributed by atoms with E-state index in [9.17, 15) is 9.59 Å².